The van der Waals surface area contributed by atoms with Crippen molar-refractivity contribution in [3.05, 3.63) is 58.8 Å². The molecular weight excluding hydrogens is 563 g/mol. The van der Waals surface area contributed by atoms with Crippen molar-refractivity contribution < 1.29 is 65.6 Å². The Labute approximate surface area is 241 Å². The van der Waals surface area contributed by atoms with Gasteiger partial charge in [0.1, 0.15) is 18.4 Å². The third kappa shape index (κ3) is 11.4. The van der Waals surface area contributed by atoms with E-state index in [9.17, 15) is 8.78 Å². The number of methoxy groups -OCH3 is 1. The summed E-state index contributed by atoms with van der Waals surface area (Å²) in [4.78, 5) is 15.0. The van der Waals surface area contributed by atoms with Crippen molar-refractivity contribution in [2.24, 2.45) is 0 Å². The van der Waals surface area contributed by atoms with Crippen LogP contribution in [0.15, 0.2) is 30.5 Å². The minimum Gasteiger partial charge on any atom is -0.494 e. The largest absolute Gasteiger partial charge is 0.494 e. The zero-order valence-corrected chi connectivity index (χ0v) is 23.9. The molecule has 2 rings (SSSR count). The second-order valence-corrected chi connectivity index (χ2v) is 7.10. The first-order chi connectivity index (χ1) is 17.5. The molecule has 0 aliphatic rings. The molecule has 9 nitrogen and oxygen atoms in total. The van der Waals surface area contributed by atoms with Crippen molar-refractivity contribution >= 4 is 5.69 Å². The third-order valence-corrected chi connectivity index (χ3v) is 4.76. The maximum atomic E-state index is 14.7. The van der Waals surface area contributed by atoms with E-state index in [1.165, 1.54) is 25.4 Å². The predicted octanol–water partition coefficient (Wildman–Crippen LogP) is 4.27. The number of halogens is 2. The van der Waals surface area contributed by atoms with Gasteiger partial charge in [-0.2, -0.15) is 9.65 Å². The Kier molecular flexibility index (Phi) is 16.8. The number of ether oxygens (including phenoxy) is 3. The maximum absolute atomic E-state index is 14.7. The van der Waals surface area contributed by atoms with E-state index in [-0.39, 0.29) is 69.4 Å². The van der Waals surface area contributed by atoms with E-state index in [2.05, 4.69) is 32.2 Å². The molecule has 1 radical (unpaired) electrons. The number of benzene rings is 1. The molecule has 0 fully saturated rings. The van der Waals surface area contributed by atoms with Crippen LogP contribution in [-0.2, 0) is 58.6 Å². The van der Waals surface area contributed by atoms with E-state index >= 15 is 0 Å². The molecule has 1 aromatic heterocycles. The van der Waals surface area contributed by atoms with Crippen molar-refractivity contribution in [2.75, 3.05) is 44.9 Å². The number of nitrogens with zero attached hydrogens (tertiary/aromatic N) is 4. The van der Waals surface area contributed by atoms with Gasteiger partial charge in [0.2, 0.25) is 5.82 Å². The molecule has 0 bridgehead atoms. The van der Waals surface area contributed by atoms with Crippen molar-refractivity contribution in [1.29, 1.82) is 5.26 Å². The minimum absolute atomic E-state index is 0. The van der Waals surface area contributed by atoms with E-state index in [0.717, 1.165) is 0 Å². The number of hydrogen-bond acceptors (Lipinski definition) is 8. The van der Waals surface area contributed by atoms with Crippen molar-refractivity contribution in [3.8, 4) is 23.7 Å². The second-order valence-electron chi connectivity index (χ2n) is 7.10. The van der Waals surface area contributed by atoms with Crippen LogP contribution in [0.5, 0.6) is 5.75 Å². The fourth-order valence-electron chi connectivity index (χ4n) is 3.05. The van der Waals surface area contributed by atoms with Gasteiger partial charge in [-0.05, 0) is 32.0 Å². The predicted molar refractivity (Wildman–Crippen MR) is 128 cm³/mol. The summed E-state index contributed by atoms with van der Waals surface area (Å²) in [5, 5.41) is 9.04. The van der Waals surface area contributed by atoms with Gasteiger partial charge in [-0.3, -0.25) is 4.89 Å². The molecule has 1 heterocycles. The molecule has 12 heteroatoms. The molecule has 197 valence electrons. The number of rotatable bonds is 15. The van der Waals surface area contributed by atoms with E-state index in [4.69, 9.17) is 19.5 Å². The van der Waals surface area contributed by atoms with Gasteiger partial charge in [-0.1, -0.05) is 18.5 Å². The summed E-state index contributed by atoms with van der Waals surface area (Å²) in [7, 11) is 1.27. The van der Waals surface area contributed by atoms with Gasteiger partial charge in [-0.25, -0.2) is 9.37 Å². The van der Waals surface area contributed by atoms with Gasteiger partial charge >= 0.3 is 0 Å². The van der Waals surface area contributed by atoms with Gasteiger partial charge < -0.3 is 29.6 Å². The van der Waals surface area contributed by atoms with Crippen LogP contribution in [0.1, 0.15) is 31.5 Å². The van der Waals surface area contributed by atoms with Crippen molar-refractivity contribution in [2.45, 2.75) is 33.1 Å². The minimum atomic E-state index is -1.06. The Bertz CT molecular complexity index is 1040. The number of nitriles is 1. The fraction of sp³-hybridized carbons (Fsp3) is 0.440. The van der Waals surface area contributed by atoms with Crippen LogP contribution < -0.4 is 9.64 Å². The van der Waals surface area contributed by atoms with Crippen LogP contribution in [0.3, 0.4) is 0 Å². The zero-order chi connectivity index (χ0) is 26.2. The molecule has 1 unspecified atom stereocenters. The summed E-state index contributed by atoms with van der Waals surface area (Å²) in [6.07, 6.45) is 1.31. The molecule has 37 heavy (non-hydrogen) atoms. The molecule has 2 aromatic rings. The maximum Gasteiger partial charge on any atom is 0.200 e. The summed E-state index contributed by atoms with van der Waals surface area (Å²) < 4.78 is 45.2. The number of anilines is 1. The molecule has 0 saturated heterocycles. The van der Waals surface area contributed by atoms with Crippen LogP contribution in [0.25, 0.3) is 5.48 Å². The molecule has 1 aromatic carbocycles. The van der Waals surface area contributed by atoms with Gasteiger partial charge in [0.05, 0.1) is 25.6 Å². The van der Waals surface area contributed by atoms with Crippen molar-refractivity contribution in [1.82, 2.24) is 4.98 Å². The molecule has 0 saturated carbocycles. The summed E-state index contributed by atoms with van der Waals surface area (Å²) in [5.74, 6) is 3.35. The normalized spacial score (nSPS) is 11.0. The Balaban J connectivity index is 0.00000684. The molecule has 1 atom stereocenters. The van der Waals surface area contributed by atoms with Gasteiger partial charge in [0.15, 0.2) is 17.9 Å². The standard InChI is InChI=1S/C25H29F2N4O5.Y/c1-4-33-23(34-15-7-6-13-30-36-35-5-2)12-14-31(21-10-9-20(16-28)29-17-21)18-19-8-11-22(32-3)25(27)24(19)26;/h8-11,17,23H,4-5,12-15,18H2,1-3H3;/q-1;. The van der Waals surface area contributed by atoms with Crippen molar-refractivity contribution in [3.63, 3.8) is 0 Å². The van der Waals surface area contributed by atoms with Crippen LogP contribution in [0.4, 0.5) is 14.5 Å². The average Bonchev–Trinajstić information content (AvgIpc) is 2.90. The molecule has 0 amide bonds. The first-order valence-corrected chi connectivity index (χ1v) is 11.3. The SMILES string of the molecule is CCOO[N-]CC#CCOC(CCN(Cc1ccc(OC)c(F)c1F)c1ccc(C#N)nc1)OCC.[Y]. The topological polar surface area (TPSA) is 100 Å². The van der Waals surface area contributed by atoms with Crippen LogP contribution >= 0.6 is 0 Å². The average molecular weight is 592 g/mol. The van der Waals surface area contributed by atoms with E-state index < -0.39 is 17.9 Å². The summed E-state index contributed by atoms with van der Waals surface area (Å²) in [6.45, 7) is 5.03. The van der Waals surface area contributed by atoms with Crippen LogP contribution in [0, 0.1) is 34.8 Å². The molecule has 0 aliphatic carbocycles. The molecule has 0 aliphatic heterocycles. The fourth-order valence-corrected chi connectivity index (χ4v) is 3.05. The first kappa shape index (κ1) is 32.8. The number of hydrogen-bond donors (Lipinski definition) is 0. The smallest absolute Gasteiger partial charge is 0.200 e. The Morgan fingerprint density at radius 3 is 2.54 bits per heavy atom. The number of aromatic nitrogens is 1. The zero-order valence-electron chi connectivity index (χ0n) is 21.1. The summed E-state index contributed by atoms with van der Waals surface area (Å²) >= 11 is 0. The summed E-state index contributed by atoms with van der Waals surface area (Å²) in [5.41, 5.74) is 4.60. The Morgan fingerprint density at radius 2 is 1.89 bits per heavy atom. The van der Waals surface area contributed by atoms with E-state index in [0.29, 0.717) is 31.9 Å². The second kappa shape index (κ2) is 18.9. The van der Waals surface area contributed by atoms with Gasteiger partial charge in [-0.15, -0.1) is 5.92 Å². The quantitative estimate of drug-likeness (QED) is 0.0995. The van der Waals surface area contributed by atoms with Gasteiger partial charge in [0, 0.05) is 64.4 Å². The van der Waals surface area contributed by atoms with E-state index in [1.807, 2.05) is 13.0 Å². The van der Waals surface area contributed by atoms with Crippen LogP contribution in [-0.4, -0.2) is 51.3 Å². The molecular formula is C25H29F2N4O5Y-. The third-order valence-electron chi connectivity index (χ3n) is 4.76. The Morgan fingerprint density at radius 1 is 1.08 bits per heavy atom. The number of pyridine rings is 1. The number of hydroxylamine groups is 1. The van der Waals surface area contributed by atoms with Crippen LogP contribution in [0.2, 0.25) is 0 Å². The summed E-state index contributed by atoms with van der Waals surface area (Å²) in [6, 6.07) is 8.05. The molecule has 0 spiro atoms. The van der Waals surface area contributed by atoms with E-state index in [1.54, 1.807) is 24.0 Å². The monoisotopic (exact) mass is 592 g/mol. The van der Waals surface area contributed by atoms with Gasteiger partial charge in [0.25, 0.3) is 0 Å². The molecule has 0 N–H and O–H groups in total. The first-order valence-electron chi connectivity index (χ1n) is 11.3. The Hall–Kier alpha value is -2.22.